The molecule has 0 spiro atoms. The summed E-state index contributed by atoms with van der Waals surface area (Å²) in [5.74, 6) is 0.566. The molecule has 1 aliphatic heterocycles. The molecule has 0 saturated carbocycles. The zero-order valence-electron chi connectivity index (χ0n) is 16.5. The zero-order chi connectivity index (χ0) is 20.4. The number of rotatable bonds is 4. The van der Waals surface area contributed by atoms with Gasteiger partial charge >= 0.3 is 0 Å². The quantitative estimate of drug-likeness (QED) is 0.677. The number of amides is 1. The maximum absolute atomic E-state index is 12.3. The molecule has 1 fully saturated rings. The summed E-state index contributed by atoms with van der Waals surface area (Å²) in [6.07, 6.45) is 1.50. The normalized spacial score (nSPS) is 17.3. The number of hydrogen-bond donors (Lipinski definition) is 1. The number of thiazole rings is 1. The van der Waals surface area contributed by atoms with E-state index in [2.05, 4.69) is 51.5 Å². The lowest BCUT2D eigenvalue weighted by molar-refractivity contribution is 0.0392. The molecule has 1 atom stereocenters. The molecule has 1 saturated heterocycles. The van der Waals surface area contributed by atoms with Gasteiger partial charge in [0, 0.05) is 23.5 Å². The van der Waals surface area contributed by atoms with E-state index in [0.29, 0.717) is 23.8 Å². The number of nitrogens with zero attached hydrogens (tertiary/aromatic N) is 5. The van der Waals surface area contributed by atoms with Crippen LogP contribution in [0.2, 0.25) is 0 Å². The molecule has 1 amide bonds. The van der Waals surface area contributed by atoms with Crippen molar-refractivity contribution in [3.8, 4) is 0 Å². The number of hydrogen-bond acceptors (Lipinski definition) is 9. The number of morpholine rings is 1. The highest BCUT2D eigenvalue weighted by Gasteiger charge is 2.27. The van der Waals surface area contributed by atoms with Crippen LogP contribution in [0, 0.1) is 0 Å². The van der Waals surface area contributed by atoms with E-state index in [1.165, 1.54) is 11.3 Å². The van der Waals surface area contributed by atoms with E-state index < -0.39 is 0 Å². The van der Waals surface area contributed by atoms with Crippen molar-refractivity contribution < 1.29 is 9.53 Å². The van der Waals surface area contributed by atoms with Gasteiger partial charge in [0.05, 0.1) is 24.4 Å². The predicted molar refractivity (Wildman–Crippen MR) is 114 cm³/mol. The highest BCUT2D eigenvalue weighted by Crippen LogP contribution is 2.31. The minimum Gasteiger partial charge on any atom is -0.367 e. The van der Waals surface area contributed by atoms with Crippen LogP contribution in [-0.2, 0) is 10.2 Å². The SMILES string of the molecule is CC(C)(C)c1csc(C2CN(c3ccc(C(=O)Nc4nncs4)cn3)CCO2)n1. The maximum atomic E-state index is 12.3. The van der Waals surface area contributed by atoms with Crippen molar-refractivity contribution in [1.82, 2.24) is 20.2 Å². The lowest BCUT2D eigenvalue weighted by Crippen LogP contribution is -2.38. The van der Waals surface area contributed by atoms with E-state index in [1.54, 1.807) is 29.1 Å². The van der Waals surface area contributed by atoms with Gasteiger partial charge in [0.1, 0.15) is 22.4 Å². The molecule has 1 aliphatic rings. The van der Waals surface area contributed by atoms with Gasteiger partial charge in [-0.3, -0.25) is 10.1 Å². The van der Waals surface area contributed by atoms with Crippen LogP contribution in [-0.4, -0.2) is 45.8 Å². The first-order valence-electron chi connectivity index (χ1n) is 9.26. The predicted octanol–water partition coefficient (Wildman–Crippen LogP) is 3.52. The maximum Gasteiger partial charge on any atom is 0.259 e. The van der Waals surface area contributed by atoms with Gasteiger partial charge in [0.25, 0.3) is 5.91 Å². The van der Waals surface area contributed by atoms with Gasteiger partial charge in [-0.1, -0.05) is 32.1 Å². The molecule has 1 N–H and O–H groups in total. The lowest BCUT2D eigenvalue weighted by atomic mass is 9.93. The molecule has 1 unspecified atom stereocenters. The summed E-state index contributed by atoms with van der Waals surface area (Å²) in [5.41, 5.74) is 3.15. The minimum atomic E-state index is -0.252. The van der Waals surface area contributed by atoms with Gasteiger partial charge in [-0.25, -0.2) is 9.97 Å². The van der Waals surface area contributed by atoms with Gasteiger partial charge in [0.2, 0.25) is 5.13 Å². The summed E-state index contributed by atoms with van der Waals surface area (Å²) in [5, 5.41) is 13.8. The molecular formula is C19H22N6O2S2. The highest BCUT2D eigenvalue weighted by molar-refractivity contribution is 7.13. The summed E-state index contributed by atoms with van der Waals surface area (Å²) in [6, 6.07) is 3.63. The Hall–Kier alpha value is -2.43. The molecule has 152 valence electrons. The molecule has 10 heteroatoms. The Kier molecular flexibility index (Phi) is 5.57. The molecule has 0 aromatic carbocycles. The van der Waals surface area contributed by atoms with Gasteiger partial charge in [0.15, 0.2) is 0 Å². The third-order valence-corrected chi connectivity index (χ3v) is 6.09. The van der Waals surface area contributed by atoms with E-state index in [4.69, 9.17) is 9.72 Å². The molecule has 3 aromatic rings. The van der Waals surface area contributed by atoms with E-state index in [1.807, 2.05) is 6.07 Å². The lowest BCUT2D eigenvalue weighted by Gasteiger charge is -2.32. The highest BCUT2D eigenvalue weighted by atomic mass is 32.1. The van der Waals surface area contributed by atoms with E-state index in [-0.39, 0.29) is 17.4 Å². The second kappa shape index (κ2) is 8.13. The molecule has 0 radical (unpaired) electrons. The van der Waals surface area contributed by atoms with Crippen LogP contribution < -0.4 is 10.2 Å². The van der Waals surface area contributed by atoms with Crippen LogP contribution in [0.1, 0.15) is 47.9 Å². The Labute approximate surface area is 177 Å². The number of carbonyl (C=O) groups is 1. The molecule has 0 aliphatic carbocycles. The van der Waals surface area contributed by atoms with E-state index in [9.17, 15) is 4.79 Å². The van der Waals surface area contributed by atoms with Crippen molar-refractivity contribution in [2.24, 2.45) is 0 Å². The van der Waals surface area contributed by atoms with Crippen LogP contribution in [0.3, 0.4) is 0 Å². The fourth-order valence-corrected chi connectivity index (χ4v) is 4.42. The fraction of sp³-hybridized carbons (Fsp3) is 0.421. The first-order valence-corrected chi connectivity index (χ1v) is 11.0. The third kappa shape index (κ3) is 4.60. The van der Waals surface area contributed by atoms with Crippen molar-refractivity contribution in [1.29, 1.82) is 0 Å². The molecule has 3 aromatic heterocycles. The molecule has 8 nitrogen and oxygen atoms in total. The van der Waals surface area contributed by atoms with Gasteiger partial charge in [-0.2, -0.15) is 0 Å². The summed E-state index contributed by atoms with van der Waals surface area (Å²) in [7, 11) is 0. The van der Waals surface area contributed by atoms with Crippen LogP contribution in [0.25, 0.3) is 0 Å². The monoisotopic (exact) mass is 430 g/mol. The summed E-state index contributed by atoms with van der Waals surface area (Å²) < 4.78 is 5.97. The number of carbonyl (C=O) groups excluding carboxylic acids is 1. The Bertz CT molecular complexity index is 966. The second-order valence-electron chi connectivity index (χ2n) is 7.73. The zero-order valence-corrected chi connectivity index (χ0v) is 18.1. The number of aromatic nitrogens is 4. The van der Waals surface area contributed by atoms with Gasteiger partial charge < -0.3 is 9.64 Å². The Balaban J connectivity index is 1.43. The Morgan fingerprint density at radius 3 is 2.83 bits per heavy atom. The van der Waals surface area contributed by atoms with Crippen LogP contribution in [0.4, 0.5) is 10.9 Å². The standard InChI is InChI=1S/C19H22N6O2S2/c1-19(2,3)14-10-28-17(22-14)13-9-25(6-7-27-13)15-5-4-12(8-20-15)16(26)23-18-24-21-11-29-18/h4-5,8,10-11,13H,6-7,9H2,1-3H3,(H,23,24,26). The van der Waals surface area contributed by atoms with Crippen molar-refractivity contribution in [3.05, 3.63) is 45.5 Å². The average Bonchev–Trinajstić information content (AvgIpc) is 3.40. The average molecular weight is 431 g/mol. The van der Waals surface area contributed by atoms with Crippen molar-refractivity contribution in [2.45, 2.75) is 32.3 Å². The van der Waals surface area contributed by atoms with Crippen LogP contribution in [0.5, 0.6) is 0 Å². The van der Waals surface area contributed by atoms with Crippen molar-refractivity contribution in [2.75, 3.05) is 29.9 Å². The number of ether oxygens (including phenoxy) is 1. The van der Waals surface area contributed by atoms with E-state index >= 15 is 0 Å². The van der Waals surface area contributed by atoms with Gasteiger partial charge in [-0.15, -0.1) is 21.5 Å². The minimum absolute atomic E-state index is 0.0236. The summed E-state index contributed by atoms with van der Waals surface area (Å²) in [6.45, 7) is 8.51. The first-order chi connectivity index (χ1) is 13.9. The second-order valence-corrected chi connectivity index (χ2v) is 9.45. The Morgan fingerprint density at radius 1 is 1.31 bits per heavy atom. The summed E-state index contributed by atoms with van der Waals surface area (Å²) >= 11 is 2.91. The third-order valence-electron chi connectivity index (χ3n) is 4.55. The Morgan fingerprint density at radius 2 is 2.17 bits per heavy atom. The number of anilines is 2. The van der Waals surface area contributed by atoms with Crippen LogP contribution in [0.15, 0.2) is 29.2 Å². The van der Waals surface area contributed by atoms with Crippen LogP contribution >= 0.6 is 22.7 Å². The van der Waals surface area contributed by atoms with Crippen molar-refractivity contribution >= 4 is 39.5 Å². The molecular weight excluding hydrogens is 408 g/mol. The van der Waals surface area contributed by atoms with E-state index in [0.717, 1.165) is 23.1 Å². The molecule has 4 rings (SSSR count). The molecule has 0 bridgehead atoms. The summed E-state index contributed by atoms with van der Waals surface area (Å²) in [4.78, 5) is 23.7. The number of pyridine rings is 1. The van der Waals surface area contributed by atoms with Gasteiger partial charge in [-0.05, 0) is 12.1 Å². The van der Waals surface area contributed by atoms with Crippen molar-refractivity contribution in [3.63, 3.8) is 0 Å². The number of nitrogens with one attached hydrogen (secondary N) is 1. The molecule has 29 heavy (non-hydrogen) atoms. The first kappa shape index (κ1) is 19.9. The fourth-order valence-electron chi connectivity index (χ4n) is 2.89. The smallest absolute Gasteiger partial charge is 0.259 e. The largest absolute Gasteiger partial charge is 0.367 e. The topological polar surface area (TPSA) is 93.1 Å². The molecule has 4 heterocycles.